The van der Waals surface area contributed by atoms with Crippen molar-refractivity contribution in [2.24, 2.45) is 5.41 Å². The second-order valence-electron chi connectivity index (χ2n) is 7.21. The fourth-order valence-corrected chi connectivity index (χ4v) is 5.15. The topological polar surface area (TPSA) is 21.7 Å². The van der Waals surface area contributed by atoms with Crippen LogP contribution in [0.5, 0.6) is 0 Å². The Labute approximate surface area is 152 Å². The van der Waals surface area contributed by atoms with Crippen molar-refractivity contribution in [3.8, 4) is 0 Å². The summed E-state index contributed by atoms with van der Waals surface area (Å²) in [6.45, 7) is 10.7. The molecule has 132 valence electrons. The smallest absolute Gasteiger partial charge is 0.189 e. The Bertz CT molecular complexity index is 665. The molecule has 25 heavy (non-hydrogen) atoms. The Hall–Kier alpha value is -1.51. The van der Waals surface area contributed by atoms with Crippen molar-refractivity contribution < 1.29 is 9.05 Å². The van der Waals surface area contributed by atoms with Crippen LogP contribution in [-0.2, 0) is 15.6 Å². The third kappa shape index (κ3) is 4.77. The van der Waals surface area contributed by atoms with Gasteiger partial charge in [-0.05, 0) is 11.1 Å². The predicted octanol–water partition coefficient (Wildman–Crippen LogP) is 5.45. The molecule has 0 aliphatic carbocycles. The van der Waals surface area contributed by atoms with Crippen molar-refractivity contribution >= 4 is 8.53 Å². The van der Waals surface area contributed by atoms with Gasteiger partial charge in [-0.2, -0.15) is 9.05 Å². The van der Waals surface area contributed by atoms with Gasteiger partial charge in [-0.1, -0.05) is 80.6 Å². The normalized spacial score (nSPS) is 18.8. The van der Waals surface area contributed by atoms with E-state index in [-0.39, 0.29) is 11.5 Å². The van der Waals surface area contributed by atoms with Crippen LogP contribution < -0.4 is 0 Å². The summed E-state index contributed by atoms with van der Waals surface area (Å²) in [5.41, 5.74) is 2.53. The van der Waals surface area contributed by atoms with E-state index < -0.39 is 8.53 Å². The number of hydrogen-bond acceptors (Lipinski definition) is 3. The molecule has 1 atom stereocenters. The van der Waals surface area contributed by atoms with Crippen LogP contribution in [0.15, 0.2) is 73.3 Å². The first-order chi connectivity index (χ1) is 12.1. The van der Waals surface area contributed by atoms with Crippen molar-refractivity contribution in [1.82, 2.24) is 4.67 Å². The van der Waals surface area contributed by atoms with Crippen LogP contribution in [0.4, 0.5) is 0 Å². The lowest BCUT2D eigenvalue weighted by molar-refractivity contribution is 0.0408. The number of rotatable bonds is 6. The van der Waals surface area contributed by atoms with Crippen LogP contribution in [0.1, 0.15) is 31.0 Å². The van der Waals surface area contributed by atoms with Crippen LogP contribution in [0.25, 0.3) is 0 Å². The Balaban J connectivity index is 1.87. The summed E-state index contributed by atoms with van der Waals surface area (Å²) >= 11 is 0. The predicted molar refractivity (Wildman–Crippen MR) is 105 cm³/mol. The summed E-state index contributed by atoms with van der Waals surface area (Å²) in [6, 6.07) is 21.0. The van der Waals surface area contributed by atoms with E-state index in [1.54, 1.807) is 0 Å². The minimum Gasteiger partial charge on any atom is -0.189 e. The van der Waals surface area contributed by atoms with Crippen molar-refractivity contribution in [3.63, 3.8) is 0 Å². The summed E-state index contributed by atoms with van der Waals surface area (Å²) in [4.78, 5) is 0. The lowest BCUT2D eigenvalue weighted by atomic mass is 9.97. The standard InChI is InChI=1S/C21H26NO2P/c1-4-20(19-13-9-6-10-14-19)22(15-18-11-7-5-8-12-18)25-23-16-21(2,3)17-24-25/h4-14,20H,1,15-17H2,2-3H3/p+1. The molecule has 1 heterocycles. The maximum absolute atomic E-state index is 6.19. The van der Waals surface area contributed by atoms with E-state index in [4.69, 9.17) is 9.05 Å². The van der Waals surface area contributed by atoms with E-state index in [1.807, 2.05) is 18.2 Å². The number of nitrogens with zero attached hydrogens (tertiary/aromatic N) is 1. The van der Waals surface area contributed by atoms with Gasteiger partial charge in [-0.3, -0.25) is 0 Å². The zero-order valence-corrected chi connectivity index (χ0v) is 16.0. The molecule has 0 radical (unpaired) electrons. The molecule has 0 bridgehead atoms. The number of benzene rings is 2. The average Bonchev–Trinajstić information content (AvgIpc) is 2.63. The molecule has 2 aromatic carbocycles. The summed E-state index contributed by atoms with van der Waals surface area (Å²) in [5.74, 6) is 0. The maximum atomic E-state index is 6.19. The Morgan fingerprint density at radius 3 is 2.16 bits per heavy atom. The van der Waals surface area contributed by atoms with Crippen molar-refractivity contribution in [3.05, 3.63) is 84.4 Å². The van der Waals surface area contributed by atoms with Gasteiger partial charge >= 0.3 is 8.53 Å². The van der Waals surface area contributed by atoms with Gasteiger partial charge in [-0.25, -0.2) is 0 Å². The molecular formula is C21H27NO2P+. The Kier molecular flexibility index (Phi) is 6.03. The van der Waals surface area contributed by atoms with Crippen LogP contribution in [0.3, 0.4) is 0 Å². The first-order valence-electron chi connectivity index (χ1n) is 8.70. The summed E-state index contributed by atoms with van der Waals surface area (Å²) in [5, 5.41) is 0. The van der Waals surface area contributed by atoms with E-state index in [0.717, 1.165) is 19.8 Å². The van der Waals surface area contributed by atoms with Crippen LogP contribution in [-0.4, -0.2) is 17.9 Å². The summed E-state index contributed by atoms with van der Waals surface area (Å²) in [7, 11) is -1.55. The molecule has 1 aliphatic rings. The van der Waals surface area contributed by atoms with E-state index in [1.165, 1.54) is 11.1 Å². The third-order valence-corrected chi connectivity index (χ3v) is 5.99. The van der Waals surface area contributed by atoms with Gasteiger partial charge in [0.2, 0.25) is 0 Å². The third-order valence-electron chi connectivity index (χ3n) is 4.30. The minimum atomic E-state index is -1.55. The molecule has 0 spiro atoms. The molecule has 1 unspecified atom stereocenters. The molecule has 0 aromatic heterocycles. The fraction of sp³-hybridized carbons (Fsp3) is 0.333. The molecule has 1 saturated heterocycles. The first kappa shape index (κ1) is 18.3. The highest BCUT2D eigenvalue weighted by molar-refractivity contribution is 7.44. The SMILES string of the molecule is C=CC(c1ccccc1)N(Cc1ccccc1)[PH+]1OCC(C)(C)CO1. The molecule has 3 rings (SSSR count). The zero-order chi connectivity index (χ0) is 17.7. The van der Waals surface area contributed by atoms with Gasteiger partial charge in [0.1, 0.15) is 13.2 Å². The molecule has 1 aliphatic heterocycles. The minimum absolute atomic E-state index is 0.0662. The largest absolute Gasteiger partial charge is 0.336 e. The van der Waals surface area contributed by atoms with Gasteiger partial charge < -0.3 is 0 Å². The first-order valence-corrected chi connectivity index (χ1v) is 9.96. The van der Waals surface area contributed by atoms with Crippen LogP contribution >= 0.6 is 8.53 Å². The van der Waals surface area contributed by atoms with Crippen molar-refractivity contribution in [2.45, 2.75) is 26.4 Å². The van der Waals surface area contributed by atoms with Gasteiger partial charge in [0.15, 0.2) is 0 Å². The van der Waals surface area contributed by atoms with E-state index in [9.17, 15) is 0 Å². The average molecular weight is 356 g/mol. The Morgan fingerprint density at radius 2 is 1.60 bits per heavy atom. The highest BCUT2D eigenvalue weighted by Gasteiger charge is 2.42. The summed E-state index contributed by atoms with van der Waals surface area (Å²) in [6.07, 6.45) is 1.99. The molecular weight excluding hydrogens is 329 g/mol. The second kappa shape index (κ2) is 8.25. The lowest BCUT2D eigenvalue weighted by Gasteiger charge is -2.34. The molecule has 4 heteroatoms. The Morgan fingerprint density at radius 1 is 1.04 bits per heavy atom. The van der Waals surface area contributed by atoms with Crippen LogP contribution in [0.2, 0.25) is 0 Å². The quantitative estimate of drug-likeness (QED) is 0.507. The number of hydrogen-bond donors (Lipinski definition) is 0. The molecule has 2 aromatic rings. The van der Waals surface area contributed by atoms with E-state index in [2.05, 4.69) is 73.6 Å². The van der Waals surface area contributed by atoms with Crippen molar-refractivity contribution in [1.29, 1.82) is 0 Å². The summed E-state index contributed by atoms with van der Waals surface area (Å²) < 4.78 is 14.7. The highest BCUT2D eigenvalue weighted by Crippen LogP contribution is 2.53. The highest BCUT2D eigenvalue weighted by atomic mass is 31.2. The van der Waals surface area contributed by atoms with E-state index >= 15 is 0 Å². The van der Waals surface area contributed by atoms with Gasteiger partial charge in [0.25, 0.3) is 0 Å². The lowest BCUT2D eigenvalue weighted by Crippen LogP contribution is -2.33. The molecule has 0 N–H and O–H groups in total. The fourth-order valence-electron chi connectivity index (χ4n) is 2.91. The van der Waals surface area contributed by atoms with Gasteiger partial charge in [0, 0.05) is 5.41 Å². The second-order valence-corrected chi connectivity index (χ2v) is 8.90. The van der Waals surface area contributed by atoms with Crippen molar-refractivity contribution in [2.75, 3.05) is 13.2 Å². The van der Waals surface area contributed by atoms with Crippen LogP contribution in [0, 0.1) is 5.41 Å². The van der Waals surface area contributed by atoms with E-state index in [0.29, 0.717) is 0 Å². The molecule has 1 fully saturated rings. The molecule has 3 nitrogen and oxygen atoms in total. The van der Waals surface area contributed by atoms with Gasteiger partial charge in [0.05, 0.1) is 12.6 Å². The maximum Gasteiger partial charge on any atom is 0.336 e. The molecule has 0 amide bonds. The van der Waals surface area contributed by atoms with Gasteiger partial charge in [-0.15, -0.1) is 11.2 Å². The zero-order valence-electron chi connectivity index (χ0n) is 15.0. The molecule has 0 saturated carbocycles. The monoisotopic (exact) mass is 356 g/mol.